The molecule has 0 saturated carbocycles. The first-order valence-electron chi connectivity index (χ1n) is 8.95. The van der Waals surface area contributed by atoms with Crippen LogP contribution < -0.4 is 14.5 Å². The molecule has 1 aromatic heterocycles. The van der Waals surface area contributed by atoms with E-state index in [4.69, 9.17) is 4.74 Å². The standard InChI is InChI=1S/C21H20N4O4S/c1-30(27,28)25(16-21(26)24-23-15-17-7-5-6-14-22-17)18-10-12-20(13-11-18)29-19-8-3-2-4-9-19/h2-15H,16H2,1H3,(H,24,26). The highest BCUT2D eigenvalue weighted by atomic mass is 32.2. The average Bonchev–Trinajstić information content (AvgIpc) is 2.73. The molecule has 0 fully saturated rings. The monoisotopic (exact) mass is 424 g/mol. The topological polar surface area (TPSA) is 101 Å². The minimum absolute atomic E-state index is 0.335. The Morgan fingerprint density at radius 3 is 2.33 bits per heavy atom. The zero-order chi connectivity index (χ0) is 21.4. The Kier molecular flexibility index (Phi) is 6.76. The van der Waals surface area contributed by atoms with Gasteiger partial charge in [0.25, 0.3) is 5.91 Å². The number of amides is 1. The number of hydrazone groups is 1. The summed E-state index contributed by atoms with van der Waals surface area (Å²) in [6.07, 6.45) is 4.00. The second kappa shape index (κ2) is 9.66. The van der Waals surface area contributed by atoms with Gasteiger partial charge in [0.2, 0.25) is 10.0 Å². The summed E-state index contributed by atoms with van der Waals surface area (Å²) in [4.78, 5) is 16.2. The summed E-state index contributed by atoms with van der Waals surface area (Å²) in [6.45, 7) is -0.419. The van der Waals surface area contributed by atoms with Crippen LogP contribution in [-0.2, 0) is 14.8 Å². The van der Waals surface area contributed by atoms with E-state index in [-0.39, 0.29) is 0 Å². The maximum absolute atomic E-state index is 12.2. The molecule has 0 radical (unpaired) electrons. The van der Waals surface area contributed by atoms with Crippen LogP contribution in [0.3, 0.4) is 0 Å². The van der Waals surface area contributed by atoms with Crippen LogP contribution in [0.25, 0.3) is 0 Å². The highest BCUT2D eigenvalue weighted by molar-refractivity contribution is 7.92. The van der Waals surface area contributed by atoms with Crippen LogP contribution in [0.2, 0.25) is 0 Å². The van der Waals surface area contributed by atoms with E-state index in [1.807, 2.05) is 30.3 Å². The summed E-state index contributed by atoms with van der Waals surface area (Å²) < 4.78 is 31.1. The second-order valence-corrected chi connectivity index (χ2v) is 8.13. The number of ether oxygens (including phenoxy) is 1. The number of para-hydroxylation sites is 1. The molecule has 154 valence electrons. The van der Waals surface area contributed by atoms with Crippen LogP contribution in [0.5, 0.6) is 11.5 Å². The first-order valence-corrected chi connectivity index (χ1v) is 10.8. The van der Waals surface area contributed by atoms with Crippen LogP contribution in [0, 0.1) is 0 Å². The number of pyridine rings is 1. The number of benzene rings is 2. The molecule has 0 bridgehead atoms. The van der Waals surface area contributed by atoms with Crippen LogP contribution >= 0.6 is 0 Å². The molecular formula is C21H20N4O4S. The van der Waals surface area contributed by atoms with E-state index in [9.17, 15) is 13.2 Å². The molecule has 3 aromatic rings. The number of rotatable bonds is 8. The fourth-order valence-corrected chi connectivity index (χ4v) is 3.35. The lowest BCUT2D eigenvalue weighted by Crippen LogP contribution is -2.39. The maximum Gasteiger partial charge on any atom is 0.260 e. The summed E-state index contributed by atoms with van der Waals surface area (Å²) in [5, 5.41) is 3.80. The molecule has 1 N–H and O–H groups in total. The van der Waals surface area contributed by atoms with E-state index < -0.39 is 22.5 Å². The van der Waals surface area contributed by atoms with Crippen molar-refractivity contribution in [2.45, 2.75) is 0 Å². The third kappa shape index (κ3) is 6.14. The Hall–Kier alpha value is -3.72. The van der Waals surface area contributed by atoms with Crippen LogP contribution in [0.15, 0.2) is 84.1 Å². The lowest BCUT2D eigenvalue weighted by Gasteiger charge is -2.21. The largest absolute Gasteiger partial charge is 0.457 e. The molecule has 1 heterocycles. The van der Waals surface area contributed by atoms with Gasteiger partial charge in [0.1, 0.15) is 18.0 Å². The van der Waals surface area contributed by atoms with Crippen molar-refractivity contribution >= 4 is 27.8 Å². The van der Waals surface area contributed by atoms with Gasteiger partial charge >= 0.3 is 0 Å². The van der Waals surface area contributed by atoms with Gasteiger partial charge in [-0.1, -0.05) is 24.3 Å². The molecule has 2 aromatic carbocycles. The Morgan fingerprint density at radius 2 is 1.70 bits per heavy atom. The number of aromatic nitrogens is 1. The fourth-order valence-electron chi connectivity index (χ4n) is 2.49. The smallest absolute Gasteiger partial charge is 0.260 e. The Morgan fingerprint density at radius 1 is 1.03 bits per heavy atom. The zero-order valence-electron chi connectivity index (χ0n) is 16.2. The third-order valence-electron chi connectivity index (χ3n) is 3.86. The van der Waals surface area contributed by atoms with Gasteiger partial charge in [0.05, 0.1) is 23.9 Å². The maximum atomic E-state index is 12.2. The van der Waals surface area contributed by atoms with Gasteiger partial charge in [-0.25, -0.2) is 13.8 Å². The van der Waals surface area contributed by atoms with Crippen molar-refractivity contribution in [3.8, 4) is 11.5 Å². The average molecular weight is 424 g/mol. The first kappa shape index (κ1) is 21.0. The molecule has 9 heteroatoms. The van der Waals surface area contributed by atoms with Crippen LogP contribution in [0.4, 0.5) is 5.69 Å². The summed E-state index contributed by atoms with van der Waals surface area (Å²) in [5.74, 6) is 0.621. The zero-order valence-corrected chi connectivity index (χ0v) is 17.0. The van der Waals surface area contributed by atoms with Gasteiger partial charge in [-0.05, 0) is 48.5 Å². The normalized spacial score (nSPS) is 11.2. The first-order chi connectivity index (χ1) is 14.4. The number of anilines is 1. The minimum Gasteiger partial charge on any atom is -0.457 e. The van der Waals surface area contributed by atoms with E-state index in [0.29, 0.717) is 22.9 Å². The molecular weight excluding hydrogens is 404 g/mol. The predicted molar refractivity (Wildman–Crippen MR) is 115 cm³/mol. The van der Waals surface area contributed by atoms with Gasteiger partial charge < -0.3 is 4.74 Å². The Bertz CT molecular complexity index is 1100. The van der Waals surface area contributed by atoms with Crippen LogP contribution in [0.1, 0.15) is 5.69 Å². The molecule has 3 rings (SSSR count). The third-order valence-corrected chi connectivity index (χ3v) is 5.01. The number of hydrogen-bond donors (Lipinski definition) is 1. The summed E-state index contributed by atoms with van der Waals surface area (Å²) in [6, 6.07) is 20.9. The van der Waals surface area contributed by atoms with Gasteiger partial charge in [0, 0.05) is 6.20 Å². The molecule has 8 nitrogen and oxygen atoms in total. The van der Waals surface area contributed by atoms with Crippen molar-refractivity contribution in [1.29, 1.82) is 0 Å². The minimum atomic E-state index is -3.69. The lowest BCUT2D eigenvalue weighted by molar-refractivity contribution is -0.119. The van der Waals surface area contributed by atoms with Crippen molar-refractivity contribution in [2.24, 2.45) is 5.10 Å². The number of hydrogen-bond acceptors (Lipinski definition) is 6. The van der Waals surface area contributed by atoms with Gasteiger partial charge in [0.15, 0.2) is 0 Å². The Labute approximate surface area is 174 Å². The number of nitrogens with zero attached hydrogens (tertiary/aromatic N) is 3. The van der Waals surface area contributed by atoms with Gasteiger partial charge in [-0.3, -0.25) is 14.1 Å². The molecule has 0 aliphatic rings. The van der Waals surface area contributed by atoms with E-state index in [1.165, 1.54) is 6.21 Å². The van der Waals surface area contributed by atoms with E-state index in [1.54, 1.807) is 48.7 Å². The summed E-state index contributed by atoms with van der Waals surface area (Å²) in [7, 11) is -3.69. The quantitative estimate of drug-likeness (QED) is 0.443. The SMILES string of the molecule is CS(=O)(=O)N(CC(=O)NN=Cc1ccccn1)c1ccc(Oc2ccccc2)cc1. The highest BCUT2D eigenvalue weighted by Crippen LogP contribution is 2.25. The molecule has 0 aliphatic heterocycles. The molecule has 0 aliphatic carbocycles. The second-order valence-electron chi connectivity index (χ2n) is 6.23. The molecule has 0 saturated heterocycles. The van der Waals surface area contributed by atoms with Crippen molar-refractivity contribution in [2.75, 3.05) is 17.1 Å². The van der Waals surface area contributed by atoms with Gasteiger partial charge in [-0.2, -0.15) is 5.10 Å². The number of nitrogens with one attached hydrogen (secondary N) is 1. The molecule has 30 heavy (non-hydrogen) atoms. The Balaban J connectivity index is 1.67. The molecule has 0 atom stereocenters. The van der Waals surface area contributed by atoms with E-state index in [2.05, 4.69) is 15.5 Å². The van der Waals surface area contributed by atoms with Gasteiger partial charge in [-0.15, -0.1) is 0 Å². The predicted octanol–water partition coefficient (Wildman–Crippen LogP) is 2.79. The van der Waals surface area contributed by atoms with Crippen molar-refractivity contribution in [1.82, 2.24) is 10.4 Å². The number of sulfonamides is 1. The highest BCUT2D eigenvalue weighted by Gasteiger charge is 2.20. The molecule has 0 spiro atoms. The lowest BCUT2D eigenvalue weighted by atomic mass is 10.3. The summed E-state index contributed by atoms with van der Waals surface area (Å²) in [5.41, 5.74) is 3.20. The summed E-state index contributed by atoms with van der Waals surface area (Å²) >= 11 is 0. The molecule has 0 unspecified atom stereocenters. The van der Waals surface area contributed by atoms with Crippen molar-refractivity contribution in [3.05, 3.63) is 84.7 Å². The van der Waals surface area contributed by atoms with Crippen molar-refractivity contribution < 1.29 is 17.9 Å². The number of carbonyl (C=O) groups excluding carboxylic acids is 1. The fraction of sp³-hybridized carbons (Fsp3) is 0.0952. The molecule has 1 amide bonds. The van der Waals surface area contributed by atoms with E-state index in [0.717, 1.165) is 10.6 Å². The van der Waals surface area contributed by atoms with Crippen LogP contribution in [-0.4, -0.2) is 38.3 Å². The van der Waals surface area contributed by atoms with E-state index >= 15 is 0 Å². The van der Waals surface area contributed by atoms with Crippen molar-refractivity contribution in [3.63, 3.8) is 0 Å². The number of carbonyl (C=O) groups is 1.